The zero-order valence-corrected chi connectivity index (χ0v) is 6.86. The molecule has 0 spiro atoms. The smallest absolute Gasteiger partial charge is 0.140 e. The van der Waals surface area contributed by atoms with Crippen LogP contribution < -0.4 is 5.59 Å². The highest BCUT2D eigenvalue weighted by Gasteiger charge is 2.04. The van der Waals surface area contributed by atoms with Crippen molar-refractivity contribution in [1.82, 2.24) is 10.2 Å². The zero-order chi connectivity index (χ0) is 9.26. The fourth-order valence-corrected chi connectivity index (χ4v) is 1.16. The van der Waals surface area contributed by atoms with Crippen molar-refractivity contribution in [3.05, 3.63) is 30.3 Å². The van der Waals surface area contributed by atoms with Crippen LogP contribution in [0.5, 0.6) is 5.75 Å². The van der Waals surface area contributed by atoms with E-state index < -0.39 is 0 Å². The Bertz CT molecular complexity index is 425. The molecular weight excluding hydrogens is 163 g/mol. The van der Waals surface area contributed by atoms with Gasteiger partial charge >= 0.3 is 0 Å². The van der Waals surface area contributed by atoms with Gasteiger partial charge in [0.15, 0.2) is 0 Å². The molecule has 0 saturated heterocycles. The first-order valence-corrected chi connectivity index (χ1v) is 3.86. The zero-order valence-electron chi connectivity index (χ0n) is 6.86. The molecular formula is C9H7BN2O. The van der Waals surface area contributed by atoms with E-state index in [1.807, 2.05) is 6.07 Å². The van der Waals surface area contributed by atoms with Crippen molar-refractivity contribution in [2.24, 2.45) is 0 Å². The van der Waals surface area contributed by atoms with E-state index in [0.29, 0.717) is 16.9 Å². The summed E-state index contributed by atoms with van der Waals surface area (Å²) >= 11 is 0. The van der Waals surface area contributed by atoms with Gasteiger partial charge in [-0.3, -0.25) is 5.10 Å². The molecule has 0 saturated carbocycles. The summed E-state index contributed by atoms with van der Waals surface area (Å²) in [6, 6.07) is 8.66. The van der Waals surface area contributed by atoms with Crippen molar-refractivity contribution in [1.29, 1.82) is 0 Å². The Hall–Kier alpha value is -1.71. The number of phenols is 1. The fraction of sp³-hybridized carbons (Fsp3) is 0. The van der Waals surface area contributed by atoms with Gasteiger partial charge < -0.3 is 5.11 Å². The predicted octanol–water partition coefficient (Wildman–Crippen LogP) is 0.576. The molecule has 2 radical (unpaired) electrons. The highest BCUT2D eigenvalue weighted by atomic mass is 16.3. The van der Waals surface area contributed by atoms with Crippen molar-refractivity contribution in [2.45, 2.75) is 0 Å². The van der Waals surface area contributed by atoms with Crippen molar-refractivity contribution < 1.29 is 5.11 Å². The molecule has 0 unspecified atom stereocenters. The number of aromatic amines is 1. The maximum absolute atomic E-state index is 9.48. The molecule has 0 atom stereocenters. The molecule has 1 aromatic carbocycles. The summed E-state index contributed by atoms with van der Waals surface area (Å²) in [5.74, 6) is 0.203. The quantitative estimate of drug-likeness (QED) is 0.614. The summed E-state index contributed by atoms with van der Waals surface area (Å²) in [6.07, 6.45) is 0. The Morgan fingerprint density at radius 1 is 1.31 bits per heavy atom. The number of aromatic nitrogens is 2. The van der Waals surface area contributed by atoms with Crippen molar-refractivity contribution >= 4 is 13.4 Å². The van der Waals surface area contributed by atoms with Gasteiger partial charge in [0.25, 0.3) is 0 Å². The summed E-state index contributed by atoms with van der Waals surface area (Å²) in [4.78, 5) is 0. The predicted molar refractivity (Wildman–Crippen MR) is 51.1 cm³/mol. The molecule has 0 fully saturated rings. The molecule has 0 bridgehead atoms. The third-order valence-electron chi connectivity index (χ3n) is 1.78. The van der Waals surface area contributed by atoms with Crippen molar-refractivity contribution in [2.75, 3.05) is 0 Å². The van der Waals surface area contributed by atoms with E-state index in [4.69, 9.17) is 7.85 Å². The second-order valence-corrected chi connectivity index (χ2v) is 2.73. The standard InChI is InChI=1S/C9H7BN2O/c10-9-5-7(11-12-9)6-3-1-2-4-8(6)13/h1-5,13H,(H,11,12). The number of aromatic hydroxyl groups is 1. The molecule has 62 valence electrons. The Morgan fingerprint density at radius 2 is 2.08 bits per heavy atom. The first-order valence-electron chi connectivity index (χ1n) is 3.86. The SMILES string of the molecule is [B]c1cc(-c2ccccc2O)n[nH]1. The lowest BCUT2D eigenvalue weighted by Crippen LogP contribution is -2.00. The van der Waals surface area contributed by atoms with Crippen LogP contribution in [0.1, 0.15) is 0 Å². The van der Waals surface area contributed by atoms with Crippen LogP contribution in [0.3, 0.4) is 0 Å². The summed E-state index contributed by atoms with van der Waals surface area (Å²) in [5, 5.41) is 16.0. The summed E-state index contributed by atoms with van der Waals surface area (Å²) in [5.41, 5.74) is 1.81. The van der Waals surface area contributed by atoms with Crippen LogP contribution in [0.25, 0.3) is 11.3 Å². The molecule has 2 N–H and O–H groups in total. The van der Waals surface area contributed by atoms with Gasteiger partial charge in [-0.25, -0.2) is 0 Å². The van der Waals surface area contributed by atoms with Gasteiger partial charge in [-0.2, -0.15) is 5.10 Å². The van der Waals surface area contributed by atoms with Gasteiger partial charge in [-0.15, -0.1) is 0 Å². The molecule has 13 heavy (non-hydrogen) atoms. The Kier molecular flexibility index (Phi) is 1.81. The molecule has 0 aliphatic carbocycles. The van der Waals surface area contributed by atoms with Crippen LogP contribution in [0.15, 0.2) is 30.3 Å². The third kappa shape index (κ3) is 1.43. The lowest BCUT2D eigenvalue weighted by Gasteiger charge is -1.98. The molecule has 4 heteroatoms. The lowest BCUT2D eigenvalue weighted by molar-refractivity contribution is 0.477. The minimum Gasteiger partial charge on any atom is -0.507 e. The number of nitrogens with one attached hydrogen (secondary N) is 1. The number of rotatable bonds is 1. The van der Waals surface area contributed by atoms with E-state index in [2.05, 4.69) is 10.2 Å². The van der Waals surface area contributed by atoms with Crippen LogP contribution in [0.2, 0.25) is 0 Å². The largest absolute Gasteiger partial charge is 0.507 e. The normalized spacial score (nSPS) is 10.2. The average molecular weight is 170 g/mol. The maximum Gasteiger partial charge on any atom is 0.140 e. The van der Waals surface area contributed by atoms with Crippen LogP contribution in [-0.2, 0) is 0 Å². The fourth-order valence-electron chi connectivity index (χ4n) is 1.16. The maximum atomic E-state index is 9.48. The number of hydrogen-bond donors (Lipinski definition) is 2. The number of H-pyrrole nitrogens is 1. The van der Waals surface area contributed by atoms with Crippen molar-refractivity contribution in [3.63, 3.8) is 0 Å². The number of para-hydroxylation sites is 1. The number of hydrogen-bond acceptors (Lipinski definition) is 2. The summed E-state index contributed by atoms with van der Waals surface area (Å²) in [6.45, 7) is 0. The minimum atomic E-state index is 0.203. The van der Waals surface area contributed by atoms with E-state index in [9.17, 15) is 5.11 Å². The van der Waals surface area contributed by atoms with E-state index in [-0.39, 0.29) is 5.75 Å². The summed E-state index contributed by atoms with van der Waals surface area (Å²) < 4.78 is 0. The highest BCUT2D eigenvalue weighted by molar-refractivity contribution is 6.30. The van der Waals surface area contributed by atoms with Crippen molar-refractivity contribution in [3.8, 4) is 17.0 Å². The topological polar surface area (TPSA) is 48.9 Å². The summed E-state index contributed by atoms with van der Waals surface area (Å²) in [7, 11) is 5.47. The lowest BCUT2D eigenvalue weighted by atomic mass is 10.0. The third-order valence-corrected chi connectivity index (χ3v) is 1.78. The molecule has 2 rings (SSSR count). The molecule has 0 aliphatic heterocycles. The van der Waals surface area contributed by atoms with Crippen LogP contribution >= 0.6 is 0 Å². The second kappa shape index (κ2) is 2.97. The molecule has 0 amide bonds. The minimum absolute atomic E-state index is 0.203. The van der Waals surface area contributed by atoms with E-state index in [1.165, 1.54) is 0 Å². The molecule has 0 aliphatic rings. The molecule has 2 aromatic rings. The molecule has 3 nitrogen and oxygen atoms in total. The van der Waals surface area contributed by atoms with Gasteiger partial charge in [0.05, 0.1) is 5.69 Å². The van der Waals surface area contributed by atoms with Crippen LogP contribution in [0.4, 0.5) is 0 Å². The van der Waals surface area contributed by atoms with Crippen LogP contribution in [0, 0.1) is 0 Å². The van der Waals surface area contributed by atoms with E-state index in [1.54, 1.807) is 24.3 Å². The number of phenolic OH excluding ortho intramolecular Hbond substituents is 1. The Morgan fingerprint density at radius 3 is 2.69 bits per heavy atom. The Balaban J connectivity index is 2.52. The number of benzene rings is 1. The monoisotopic (exact) mass is 170 g/mol. The van der Waals surface area contributed by atoms with Gasteiger partial charge in [-0.05, 0) is 23.8 Å². The van der Waals surface area contributed by atoms with E-state index >= 15 is 0 Å². The van der Waals surface area contributed by atoms with Gasteiger partial charge in [-0.1, -0.05) is 12.1 Å². The highest BCUT2D eigenvalue weighted by Crippen LogP contribution is 2.25. The number of nitrogens with zero attached hydrogens (tertiary/aromatic N) is 1. The van der Waals surface area contributed by atoms with E-state index in [0.717, 1.165) is 0 Å². The van der Waals surface area contributed by atoms with Gasteiger partial charge in [0.1, 0.15) is 13.6 Å². The molecule has 1 heterocycles. The van der Waals surface area contributed by atoms with Gasteiger partial charge in [0, 0.05) is 5.56 Å². The van der Waals surface area contributed by atoms with Crippen LogP contribution in [-0.4, -0.2) is 23.2 Å². The molecule has 1 aromatic heterocycles. The first-order chi connectivity index (χ1) is 6.27. The Labute approximate surface area is 76.8 Å². The first kappa shape index (κ1) is 7.92. The van der Waals surface area contributed by atoms with Gasteiger partial charge in [0.2, 0.25) is 0 Å². The second-order valence-electron chi connectivity index (χ2n) is 2.73. The average Bonchev–Trinajstić information content (AvgIpc) is 2.53.